The predicted molar refractivity (Wildman–Crippen MR) is 52.2 cm³/mol. The van der Waals surface area contributed by atoms with E-state index in [2.05, 4.69) is 39.9 Å². The minimum absolute atomic E-state index is 0.0100. The van der Waals surface area contributed by atoms with Crippen molar-refractivity contribution in [2.75, 3.05) is 0 Å². The third-order valence-electron chi connectivity index (χ3n) is 1.77. The van der Waals surface area contributed by atoms with Gasteiger partial charge in [-0.05, 0) is 12.3 Å². The van der Waals surface area contributed by atoms with E-state index in [0.29, 0.717) is 6.04 Å². The van der Waals surface area contributed by atoms with Gasteiger partial charge >= 0.3 is 0 Å². The maximum absolute atomic E-state index is 11.3. The number of Topliss-reactive ketones (excluding diaryl/α,β-unsaturated/α-hetero) is 1. The molecule has 12 heavy (non-hydrogen) atoms. The summed E-state index contributed by atoms with van der Waals surface area (Å²) in [5.41, 5.74) is 0.0100. The lowest BCUT2D eigenvalue weighted by molar-refractivity contribution is -0.121. The van der Waals surface area contributed by atoms with Crippen LogP contribution >= 0.6 is 0 Å². The largest absolute Gasteiger partial charge is 0.305 e. The molecule has 0 aromatic rings. The first-order chi connectivity index (χ1) is 5.25. The summed E-state index contributed by atoms with van der Waals surface area (Å²) in [5, 5.41) is 3.27. The van der Waals surface area contributed by atoms with Gasteiger partial charge in [-0.15, -0.1) is 0 Å². The topological polar surface area (TPSA) is 29.1 Å². The smallest absolute Gasteiger partial charge is 0.147 e. The SMILES string of the molecule is CC(=O)[C@@H](NC(C)C)C(C)(C)C. The fourth-order valence-corrected chi connectivity index (χ4v) is 1.31. The van der Waals surface area contributed by atoms with E-state index >= 15 is 0 Å². The highest BCUT2D eigenvalue weighted by Crippen LogP contribution is 2.20. The van der Waals surface area contributed by atoms with Crippen molar-refractivity contribution in [3.63, 3.8) is 0 Å². The van der Waals surface area contributed by atoms with E-state index in [4.69, 9.17) is 0 Å². The van der Waals surface area contributed by atoms with Gasteiger partial charge in [-0.3, -0.25) is 4.79 Å². The molecule has 1 N–H and O–H groups in total. The number of hydrogen-bond acceptors (Lipinski definition) is 2. The van der Waals surface area contributed by atoms with E-state index < -0.39 is 0 Å². The normalized spacial score (nSPS) is 14.9. The molecule has 0 fully saturated rings. The molecular formula is C10H21NO. The summed E-state index contributed by atoms with van der Waals surface area (Å²) >= 11 is 0. The highest BCUT2D eigenvalue weighted by Gasteiger charge is 2.28. The summed E-state index contributed by atoms with van der Waals surface area (Å²) < 4.78 is 0. The van der Waals surface area contributed by atoms with Gasteiger partial charge in [-0.1, -0.05) is 34.6 Å². The van der Waals surface area contributed by atoms with Crippen molar-refractivity contribution in [3.05, 3.63) is 0 Å². The number of ketones is 1. The summed E-state index contributed by atoms with van der Waals surface area (Å²) in [6.45, 7) is 12.0. The molecule has 0 amide bonds. The Kier molecular flexibility index (Phi) is 3.91. The Morgan fingerprint density at radius 2 is 1.67 bits per heavy atom. The quantitative estimate of drug-likeness (QED) is 0.703. The number of rotatable bonds is 3. The molecule has 2 heteroatoms. The van der Waals surface area contributed by atoms with Crippen LogP contribution in [0, 0.1) is 5.41 Å². The highest BCUT2D eigenvalue weighted by atomic mass is 16.1. The first-order valence-electron chi connectivity index (χ1n) is 4.51. The van der Waals surface area contributed by atoms with Gasteiger partial charge in [0.25, 0.3) is 0 Å². The second-order valence-electron chi connectivity index (χ2n) is 4.73. The van der Waals surface area contributed by atoms with Crippen molar-refractivity contribution in [3.8, 4) is 0 Å². The van der Waals surface area contributed by atoms with Gasteiger partial charge in [0.2, 0.25) is 0 Å². The second-order valence-corrected chi connectivity index (χ2v) is 4.73. The van der Waals surface area contributed by atoms with Crippen molar-refractivity contribution in [1.29, 1.82) is 0 Å². The van der Waals surface area contributed by atoms with Gasteiger partial charge in [0.15, 0.2) is 0 Å². The molecule has 0 aliphatic heterocycles. The maximum atomic E-state index is 11.3. The molecule has 0 aromatic carbocycles. The average Bonchev–Trinajstić information content (AvgIpc) is 1.79. The van der Waals surface area contributed by atoms with Gasteiger partial charge in [0.1, 0.15) is 5.78 Å². The minimum Gasteiger partial charge on any atom is -0.305 e. The van der Waals surface area contributed by atoms with E-state index in [9.17, 15) is 4.79 Å². The molecule has 0 aliphatic carbocycles. The average molecular weight is 171 g/mol. The van der Waals surface area contributed by atoms with E-state index in [0.717, 1.165) is 0 Å². The van der Waals surface area contributed by atoms with Crippen molar-refractivity contribution in [2.24, 2.45) is 5.41 Å². The molecule has 0 spiro atoms. The van der Waals surface area contributed by atoms with Crippen LogP contribution in [0.3, 0.4) is 0 Å². The highest BCUT2D eigenvalue weighted by molar-refractivity contribution is 5.82. The Morgan fingerprint density at radius 1 is 1.25 bits per heavy atom. The van der Waals surface area contributed by atoms with Crippen LogP contribution in [-0.2, 0) is 4.79 Å². The third kappa shape index (κ3) is 3.86. The van der Waals surface area contributed by atoms with Gasteiger partial charge < -0.3 is 5.32 Å². The molecular weight excluding hydrogens is 150 g/mol. The van der Waals surface area contributed by atoms with E-state index in [1.54, 1.807) is 6.92 Å². The number of nitrogens with one attached hydrogen (secondary N) is 1. The Balaban J connectivity index is 4.35. The summed E-state index contributed by atoms with van der Waals surface area (Å²) in [6.07, 6.45) is 0. The van der Waals surface area contributed by atoms with E-state index in [-0.39, 0.29) is 17.2 Å². The summed E-state index contributed by atoms with van der Waals surface area (Å²) in [6, 6.07) is 0.329. The number of carbonyl (C=O) groups is 1. The molecule has 0 aromatic heterocycles. The molecule has 0 rings (SSSR count). The molecule has 2 nitrogen and oxygen atoms in total. The molecule has 72 valence electrons. The summed E-state index contributed by atoms with van der Waals surface area (Å²) in [7, 11) is 0. The molecule has 0 bridgehead atoms. The molecule has 0 saturated heterocycles. The Labute approximate surface area is 75.7 Å². The van der Waals surface area contributed by atoms with Crippen molar-refractivity contribution < 1.29 is 4.79 Å². The first-order valence-corrected chi connectivity index (χ1v) is 4.51. The standard InChI is InChI=1S/C10H21NO/c1-7(2)11-9(8(3)12)10(4,5)6/h7,9,11H,1-6H3/t9-/m1/s1. The lowest BCUT2D eigenvalue weighted by Crippen LogP contribution is -2.48. The Hall–Kier alpha value is -0.370. The third-order valence-corrected chi connectivity index (χ3v) is 1.77. The van der Waals surface area contributed by atoms with Crippen LogP contribution < -0.4 is 5.32 Å². The van der Waals surface area contributed by atoms with Gasteiger partial charge in [0.05, 0.1) is 6.04 Å². The van der Waals surface area contributed by atoms with Crippen molar-refractivity contribution >= 4 is 5.78 Å². The zero-order chi connectivity index (χ0) is 9.94. The molecule has 0 radical (unpaired) electrons. The van der Waals surface area contributed by atoms with Crippen LogP contribution in [0.25, 0.3) is 0 Å². The van der Waals surface area contributed by atoms with Gasteiger partial charge in [-0.2, -0.15) is 0 Å². The molecule has 0 saturated carbocycles. The zero-order valence-electron chi connectivity index (χ0n) is 9.06. The number of hydrogen-bond donors (Lipinski definition) is 1. The second kappa shape index (κ2) is 4.04. The Bertz CT molecular complexity index is 156. The minimum atomic E-state index is -0.0301. The maximum Gasteiger partial charge on any atom is 0.147 e. The fourth-order valence-electron chi connectivity index (χ4n) is 1.31. The van der Waals surface area contributed by atoms with Crippen LogP contribution in [0.5, 0.6) is 0 Å². The molecule has 0 unspecified atom stereocenters. The van der Waals surface area contributed by atoms with Crippen LogP contribution in [0.1, 0.15) is 41.5 Å². The van der Waals surface area contributed by atoms with Crippen molar-refractivity contribution in [1.82, 2.24) is 5.32 Å². The van der Waals surface area contributed by atoms with E-state index in [1.165, 1.54) is 0 Å². The summed E-state index contributed by atoms with van der Waals surface area (Å²) in [4.78, 5) is 11.3. The summed E-state index contributed by atoms with van der Waals surface area (Å²) in [5.74, 6) is 0.219. The molecule has 1 atom stereocenters. The van der Waals surface area contributed by atoms with Crippen LogP contribution in [0.4, 0.5) is 0 Å². The Morgan fingerprint density at radius 3 is 1.75 bits per heavy atom. The monoisotopic (exact) mass is 171 g/mol. The zero-order valence-corrected chi connectivity index (χ0v) is 9.06. The number of carbonyl (C=O) groups excluding carboxylic acids is 1. The van der Waals surface area contributed by atoms with Crippen molar-refractivity contribution in [2.45, 2.75) is 53.6 Å². The first kappa shape index (κ1) is 11.6. The van der Waals surface area contributed by atoms with E-state index in [1.807, 2.05) is 0 Å². The molecule has 0 heterocycles. The van der Waals surface area contributed by atoms with Crippen LogP contribution in [0.15, 0.2) is 0 Å². The molecule has 0 aliphatic rings. The fraction of sp³-hybridized carbons (Fsp3) is 0.900. The van der Waals surface area contributed by atoms with Crippen LogP contribution in [-0.4, -0.2) is 17.9 Å². The lowest BCUT2D eigenvalue weighted by Gasteiger charge is -2.31. The van der Waals surface area contributed by atoms with Gasteiger partial charge in [-0.25, -0.2) is 0 Å². The lowest BCUT2D eigenvalue weighted by atomic mass is 9.84. The predicted octanol–water partition coefficient (Wildman–Crippen LogP) is 1.99. The van der Waals surface area contributed by atoms with Crippen LogP contribution in [0.2, 0.25) is 0 Å². The van der Waals surface area contributed by atoms with Gasteiger partial charge in [0, 0.05) is 6.04 Å².